The number of aromatic amines is 2. The maximum atomic E-state index is 13.5. The normalized spacial score (nSPS) is 11.7. The first-order valence-electron chi connectivity index (χ1n) is 8.94. The molecule has 4 rings (SSSR count). The van der Waals surface area contributed by atoms with E-state index in [-0.39, 0.29) is 5.69 Å². The maximum absolute atomic E-state index is 13.5. The third kappa shape index (κ3) is 5.74. The Labute approximate surface area is 188 Å². The molecule has 35 heavy (non-hydrogen) atoms. The fourth-order valence-corrected chi connectivity index (χ4v) is 2.54. The van der Waals surface area contributed by atoms with Crippen molar-refractivity contribution < 1.29 is 40.0 Å². The largest absolute Gasteiger partial charge is 0.433 e. The van der Waals surface area contributed by atoms with Crippen molar-refractivity contribution in [2.45, 2.75) is 12.4 Å². The highest BCUT2D eigenvalue weighted by atomic mass is 19.4. The minimum absolute atomic E-state index is 0.101. The van der Waals surface area contributed by atoms with Gasteiger partial charge >= 0.3 is 18.0 Å². The fourth-order valence-electron chi connectivity index (χ4n) is 2.54. The van der Waals surface area contributed by atoms with Gasteiger partial charge in [0.1, 0.15) is 29.0 Å². The molecule has 0 fully saturated rings. The number of nitrogens with one attached hydrogen (secondary N) is 2. The van der Waals surface area contributed by atoms with Crippen LogP contribution in [0.5, 0.6) is 0 Å². The van der Waals surface area contributed by atoms with Crippen LogP contribution in [-0.4, -0.2) is 35.3 Å². The molecule has 0 aliphatic heterocycles. The number of nitrogens with zero attached hydrogens (tertiary/aromatic N) is 5. The van der Waals surface area contributed by atoms with E-state index in [1.165, 1.54) is 12.3 Å². The monoisotopic (exact) mass is 507 g/mol. The van der Waals surface area contributed by atoms with E-state index in [9.17, 15) is 45.2 Å². The summed E-state index contributed by atoms with van der Waals surface area (Å²) < 4.78 is 101. The Hall–Kier alpha value is -4.44. The van der Waals surface area contributed by atoms with Crippen LogP contribution < -0.4 is 0 Å². The van der Waals surface area contributed by atoms with Crippen molar-refractivity contribution in [1.29, 1.82) is 0 Å². The Kier molecular flexibility index (Phi) is 6.79. The van der Waals surface area contributed by atoms with Crippen LogP contribution in [0.1, 0.15) is 11.4 Å². The van der Waals surface area contributed by atoms with E-state index in [0.717, 1.165) is 12.3 Å². The Morgan fingerprint density at radius 2 is 1.31 bits per heavy atom. The van der Waals surface area contributed by atoms with E-state index >= 15 is 0 Å². The lowest BCUT2D eigenvalue weighted by Crippen LogP contribution is -2.09. The quantitative estimate of drug-likeness (QED) is 0.224. The van der Waals surface area contributed by atoms with Gasteiger partial charge in [-0.3, -0.25) is 20.3 Å². The first-order valence-corrected chi connectivity index (χ1v) is 8.94. The minimum atomic E-state index is -4.78. The van der Waals surface area contributed by atoms with E-state index in [2.05, 4.69) is 30.4 Å². The van der Waals surface area contributed by atoms with Crippen LogP contribution in [0.3, 0.4) is 0 Å². The average molecular weight is 507 g/mol. The highest BCUT2D eigenvalue weighted by molar-refractivity contribution is 5.66. The molecule has 4 aromatic heterocycles. The van der Waals surface area contributed by atoms with Crippen LogP contribution in [0.15, 0.2) is 42.7 Å². The van der Waals surface area contributed by atoms with E-state index in [4.69, 9.17) is 0 Å². The van der Waals surface area contributed by atoms with Crippen LogP contribution in [0, 0.1) is 21.7 Å². The molecule has 0 atom stereocenters. The maximum Gasteiger partial charge on any atom is 0.433 e. The molecule has 0 spiro atoms. The first kappa shape index (κ1) is 25.2. The summed E-state index contributed by atoms with van der Waals surface area (Å²) in [5.41, 5.74) is -4.78. The van der Waals surface area contributed by atoms with Gasteiger partial charge in [-0.25, -0.2) is 18.7 Å². The standard InChI is InChI=1S/C9H4F4N4O2.C9H5F4N3/c10-4-1-2-6(9(11,12)13)15-7(4)8-5(17(18)19)3-14-16-8;10-5-1-2-7(9(11,12)13)15-8(5)6-3-4-14-16-6/h1-3H,(H,14,16);1-4H,(H,14,16). The number of aromatic nitrogens is 6. The third-order valence-electron chi connectivity index (χ3n) is 4.08. The first-order chi connectivity index (χ1) is 16.3. The molecule has 0 radical (unpaired) electrons. The Morgan fingerprint density at radius 1 is 0.771 bits per heavy atom. The average Bonchev–Trinajstić information content (AvgIpc) is 3.45. The second kappa shape index (κ2) is 9.43. The summed E-state index contributed by atoms with van der Waals surface area (Å²) in [7, 11) is 0. The van der Waals surface area contributed by atoms with Gasteiger partial charge in [-0.15, -0.1) is 0 Å². The van der Waals surface area contributed by atoms with Crippen molar-refractivity contribution in [2.75, 3.05) is 0 Å². The molecule has 17 heteroatoms. The number of nitro groups is 1. The molecule has 0 aliphatic rings. The number of H-pyrrole nitrogens is 2. The molecule has 9 nitrogen and oxygen atoms in total. The van der Waals surface area contributed by atoms with Crippen molar-refractivity contribution >= 4 is 5.69 Å². The van der Waals surface area contributed by atoms with E-state index in [1.54, 1.807) is 0 Å². The summed E-state index contributed by atoms with van der Waals surface area (Å²) in [5, 5.41) is 21.9. The molecule has 0 bridgehead atoms. The number of alkyl halides is 6. The predicted octanol–water partition coefficient (Wildman–Crippen LogP) is 5.17. The van der Waals surface area contributed by atoms with Crippen molar-refractivity contribution in [1.82, 2.24) is 30.4 Å². The van der Waals surface area contributed by atoms with Gasteiger partial charge in [0.05, 0.1) is 10.6 Å². The lowest BCUT2D eigenvalue weighted by Gasteiger charge is -2.07. The molecule has 0 saturated heterocycles. The highest BCUT2D eigenvalue weighted by Gasteiger charge is 2.35. The number of rotatable bonds is 3. The summed E-state index contributed by atoms with van der Waals surface area (Å²) >= 11 is 0. The summed E-state index contributed by atoms with van der Waals surface area (Å²) in [4.78, 5) is 16.0. The minimum Gasteiger partial charge on any atom is -0.276 e. The predicted molar refractivity (Wildman–Crippen MR) is 100 cm³/mol. The molecule has 4 aromatic rings. The molecule has 0 amide bonds. The van der Waals surface area contributed by atoms with Gasteiger partial charge in [0.2, 0.25) is 0 Å². The van der Waals surface area contributed by atoms with Crippen molar-refractivity contribution in [3.8, 4) is 22.8 Å². The highest BCUT2D eigenvalue weighted by Crippen LogP contribution is 2.33. The zero-order valence-electron chi connectivity index (χ0n) is 16.6. The van der Waals surface area contributed by atoms with Crippen molar-refractivity contribution in [3.05, 3.63) is 75.9 Å². The Balaban J connectivity index is 0.000000198. The Morgan fingerprint density at radius 3 is 1.80 bits per heavy atom. The third-order valence-corrected chi connectivity index (χ3v) is 4.08. The Bertz CT molecular complexity index is 1330. The van der Waals surface area contributed by atoms with Crippen LogP contribution >= 0.6 is 0 Å². The molecule has 4 heterocycles. The van der Waals surface area contributed by atoms with Gasteiger partial charge in [-0.05, 0) is 30.3 Å². The van der Waals surface area contributed by atoms with Gasteiger partial charge in [-0.2, -0.15) is 36.5 Å². The lowest BCUT2D eigenvalue weighted by molar-refractivity contribution is -0.384. The second-order valence-corrected chi connectivity index (χ2v) is 6.41. The second-order valence-electron chi connectivity index (χ2n) is 6.41. The molecular formula is C18H9F8N7O2. The zero-order valence-corrected chi connectivity index (χ0v) is 16.6. The van der Waals surface area contributed by atoms with Gasteiger partial charge in [0, 0.05) is 6.20 Å². The molecule has 0 unspecified atom stereocenters. The molecule has 0 aliphatic carbocycles. The van der Waals surface area contributed by atoms with Crippen molar-refractivity contribution in [2.24, 2.45) is 0 Å². The lowest BCUT2D eigenvalue weighted by atomic mass is 10.2. The van der Waals surface area contributed by atoms with Crippen molar-refractivity contribution in [3.63, 3.8) is 0 Å². The molecule has 2 N–H and O–H groups in total. The molecule has 0 saturated carbocycles. The number of halogens is 8. The number of hydrogen-bond donors (Lipinski definition) is 2. The van der Waals surface area contributed by atoms with Gasteiger partial charge < -0.3 is 0 Å². The fraction of sp³-hybridized carbons (Fsp3) is 0.111. The van der Waals surface area contributed by atoms with Gasteiger partial charge in [-0.1, -0.05) is 0 Å². The van der Waals surface area contributed by atoms with Crippen LogP contribution in [0.2, 0.25) is 0 Å². The van der Waals surface area contributed by atoms with Gasteiger partial charge in [0.15, 0.2) is 17.3 Å². The smallest absolute Gasteiger partial charge is 0.276 e. The van der Waals surface area contributed by atoms with Gasteiger partial charge in [0.25, 0.3) is 0 Å². The SMILES string of the molecule is Fc1ccc(C(F)(F)F)nc1-c1ccn[nH]1.O=[N+]([O-])c1cn[nH]c1-c1nc(C(F)(F)F)ccc1F. The van der Waals surface area contributed by atoms with E-state index < -0.39 is 63.1 Å². The van der Waals surface area contributed by atoms with Crippen LogP contribution in [0.4, 0.5) is 40.8 Å². The summed E-state index contributed by atoms with van der Waals surface area (Å²) in [5.74, 6) is -1.96. The molecule has 0 aromatic carbocycles. The molecular weight excluding hydrogens is 498 g/mol. The van der Waals surface area contributed by atoms with Crippen LogP contribution in [0.25, 0.3) is 22.8 Å². The summed E-state index contributed by atoms with van der Waals surface area (Å²) in [6.07, 6.45) is -7.31. The molecule has 184 valence electrons. The topological polar surface area (TPSA) is 126 Å². The van der Waals surface area contributed by atoms with Crippen LogP contribution in [-0.2, 0) is 12.4 Å². The number of pyridine rings is 2. The zero-order chi connectivity index (χ0) is 26.0. The van der Waals surface area contributed by atoms with E-state index in [1.807, 2.05) is 0 Å². The number of hydrogen-bond acceptors (Lipinski definition) is 6. The summed E-state index contributed by atoms with van der Waals surface area (Å²) in [6.45, 7) is 0. The summed E-state index contributed by atoms with van der Waals surface area (Å²) in [6, 6.07) is 3.64. The van der Waals surface area contributed by atoms with E-state index in [0.29, 0.717) is 18.2 Å².